The average molecular weight is 380 g/mol. The molecule has 0 radical (unpaired) electrons. The Kier molecular flexibility index (Phi) is 5.09. The maximum absolute atomic E-state index is 12.8. The van der Waals surface area contributed by atoms with E-state index < -0.39 is 5.97 Å². The van der Waals surface area contributed by atoms with Gasteiger partial charge in [0.1, 0.15) is 0 Å². The lowest BCUT2D eigenvalue weighted by molar-refractivity contribution is -0.117. The van der Waals surface area contributed by atoms with Gasteiger partial charge in [-0.15, -0.1) is 0 Å². The van der Waals surface area contributed by atoms with Crippen LogP contribution in [0.5, 0.6) is 0 Å². The van der Waals surface area contributed by atoms with Crippen LogP contribution < -0.4 is 5.32 Å². The van der Waals surface area contributed by atoms with Crippen LogP contribution in [0.4, 0.5) is 5.69 Å². The number of carbonyl (C=O) groups excluding carboxylic acids is 1. The van der Waals surface area contributed by atoms with Gasteiger partial charge in [-0.25, -0.2) is 4.79 Å². The molecule has 0 spiro atoms. The number of rotatable bonds is 4. The SMILES string of the molecule is CC(C(=O)Nc1ccc(C(=O)O)cc1)c1ccc2c(c1)C(C)(C)CCC2(C)C. The van der Waals surface area contributed by atoms with E-state index in [0.717, 1.165) is 18.4 Å². The lowest BCUT2D eigenvalue weighted by atomic mass is 9.62. The molecular weight excluding hydrogens is 350 g/mol. The summed E-state index contributed by atoms with van der Waals surface area (Å²) < 4.78 is 0. The van der Waals surface area contributed by atoms with Crippen molar-refractivity contribution in [2.45, 2.75) is 64.2 Å². The molecule has 4 nitrogen and oxygen atoms in total. The molecule has 1 unspecified atom stereocenters. The molecular formula is C24H29NO3. The Hall–Kier alpha value is -2.62. The molecule has 148 valence electrons. The Morgan fingerprint density at radius 2 is 1.50 bits per heavy atom. The van der Waals surface area contributed by atoms with Crippen molar-refractivity contribution >= 4 is 17.6 Å². The first-order valence-corrected chi connectivity index (χ1v) is 9.80. The van der Waals surface area contributed by atoms with E-state index >= 15 is 0 Å². The molecule has 0 aromatic heterocycles. The highest BCUT2D eigenvalue weighted by molar-refractivity contribution is 5.96. The number of nitrogens with one attached hydrogen (secondary N) is 1. The fraction of sp³-hybridized carbons (Fsp3) is 0.417. The summed E-state index contributed by atoms with van der Waals surface area (Å²) in [4.78, 5) is 23.7. The van der Waals surface area contributed by atoms with Gasteiger partial charge in [0.25, 0.3) is 0 Å². The van der Waals surface area contributed by atoms with Crippen LogP contribution in [0.15, 0.2) is 42.5 Å². The van der Waals surface area contributed by atoms with Gasteiger partial charge in [-0.2, -0.15) is 0 Å². The van der Waals surface area contributed by atoms with Crippen LogP contribution in [0.3, 0.4) is 0 Å². The molecule has 0 aliphatic heterocycles. The summed E-state index contributed by atoms with van der Waals surface area (Å²) in [5.41, 5.74) is 4.77. The van der Waals surface area contributed by atoms with E-state index in [1.54, 1.807) is 12.1 Å². The topological polar surface area (TPSA) is 66.4 Å². The van der Waals surface area contributed by atoms with E-state index in [2.05, 4.69) is 51.2 Å². The second kappa shape index (κ2) is 7.08. The molecule has 0 bridgehead atoms. The van der Waals surface area contributed by atoms with E-state index in [0.29, 0.717) is 5.69 Å². The number of carboxylic acids is 1. The zero-order chi connectivity index (χ0) is 20.7. The number of fused-ring (bicyclic) bond motifs is 1. The van der Waals surface area contributed by atoms with Gasteiger partial charge < -0.3 is 10.4 Å². The van der Waals surface area contributed by atoms with Gasteiger partial charge in [0, 0.05) is 5.69 Å². The molecule has 0 saturated heterocycles. The summed E-state index contributed by atoms with van der Waals surface area (Å²) in [6.07, 6.45) is 2.29. The summed E-state index contributed by atoms with van der Waals surface area (Å²) in [6, 6.07) is 12.7. The van der Waals surface area contributed by atoms with Crippen LogP contribution in [-0.2, 0) is 15.6 Å². The molecule has 4 heteroatoms. The number of amides is 1. The third-order valence-corrected chi connectivity index (χ3v) is 6.17. The Morgan fingerprint density at radius 1 is 0.929 bits per heavy atom. The zero-order valence-corrected chi connectivity index (χ0v) is 17.3. The largest absolute Gasteiger partial charge is 0.478 e. The molecule has 2 aromatic carbocycles. The lowest BCUT2D eigenvalue weighted by Gasteiger charge is -2.42. The maximum atomic E-state index is 12.8. The van der Waals surface area contributed by atoms with Gasteiger partial charge >= 0.3 is 5.97 Å². The third kappa shape index (κ3) is 3.82. The molecule has 0 saturated carbocycles. The normalized spacial score (nSPS) is 18.0. The quantitative estimate of drug-likeness (QED) is 0.739. The highest BCUT2D eigenvalue weighted by atomic mass is 16.4. The van der Waals surface area contributed by atoms with Crippen molar-refractivity contribution in [2.24, 2.45) is 0 Å². The summed E-state index contributed by atoms with van der Waals surface area (Å²) in [5.74, 6) is -1.38. The Balaban J connectivity index is 1.83. The number of aromatic carboxylic acids is 1. The monoisotopic (exact) mass is 379 g/mol. The summed E-state index contributed by atoms with van der Waals surface area (Å²) in [5, 5.41) is 11.9. The minimum Gasteiger partial charge on any atom is -0.478 e. The van der Waals surface area contributed by atoms with Crippen molar-refractivity contribution in [3.05, 3.63) is 64.7 Å². The smallest absolute Gasteiger partial charge is 0.335 e. The number of hydrogen-bond donors (Lipinski definition) is 2. The predicted molar refractivity (Wildman–Crippen MR) is 112 cm³/mol. The van der Waals surface area contributed by atoms with Gasteiger partial charge in [0.05, 0.1) is 11.5 Å². The predicted octanol–water partition coefficient (Wildman–Crippen LogP) is 5.48. The first-order chi connectivity index (χ1) is 13.0. The summed E-state index contributed by atoms with van der Waals surface area (Å²) >= 11 is 0. The second-order valence-electron chi connectivity index (χ2n) is 9.17. The summed E-state index contributed by atoms with van der Waals surface area (Å²) in [7, 11) is 0. The Labute approximate surface area is 167 Å². The first kappa shape index (κ1) is 20.1. The summed E-state index contributed by atoms with van der Waals surface area (Å²) in [6.45, 7) is 11.0. The van der Waals surface area contributed by atoms with Gasteiger partial charge in [-0.05, 0) is 71.6 Å². The molecule has 0 heterocycles. The minimum atomic E-state index is -0.981. The van der Waals surface area contributed by atoms with E-state index in [1.165, 1.54) is 23.3 Å². The van der Waals surface area contributed by atoms with Crippen molar-refractivity contribution in [1.82, 2.24) is 0 Å². The van der Waals surface area contributed by atoms with Crippen LogP contribution in [0.1, 0.15) is 80.4 Å². The van der Waals surface area contributed by atoms with Crippen LogP contribution in [0.25, 0.3) is 0 Å². The molecule has 2 N–H and O–H groups in total. The second-order valence-corrected chi connectivity index (χ2v) is 9.17. The van der Waals surface area contributed by atoms with Crippen LogP contribution in [0.2, 0.25) is 0 Å². The number of anilines is 1. The Morgan fingerprint density at radius 3 is 2.07 bits per heavy atom. The number of hydrogen-bond acceptors (Lipinski definition) is 2. The van der Waals surface area contributed by atoms with Crippen molar-refractivity contribution < 1.29 is 14.7 Å². The van der Waals surface area contributed by atoms with Crippen molar-refractivity contribution in [3.8, 4) is 0 Å². The molecule has 3 rings (SSSR count). The van der Waals surface area contributed by atoms with Gasteiger partial charge in [-0.3, -0.25) is 4.79 Å². The van der Waals surface area contributed by atoms with Gasteiger partial charge in [0.15, 0.2) is 0 Å². The number of benzene rings is 2. The molecule has 1 aliphatic rings. The van der Waals surface area contributed by atoms with Gasteiger partial charge in [0.2, 0.25) is 5.91 Å². The average Bonchev–Trinajstić information content (AvgIpc) is 2.65. The first-order valence-electron chi connectivity index (χ1n) is 9.80. The molecule has 0 fully saturated rings. The van der Waals surface area contributed by atoms with Crippen LogP contribution in [0, 0.1) is 0 Å². The zero-order valence-electron chi connectivity index (χ0n) is 17.3. The van der Waals surface area contributed by atoms with E-state index in [9.17, 15) is 9.59 Å². The van der Waals surface area contributed by atoms with Crippen LogP contribution >= 0.6 is 0 Å². The Bertz CT molecular complexity index is 910. The third-order valence-electron chi connectivity index (χ3n) is 6.17. The minimum absolute atomic E-state index is 0.101. The highest BCUT2D eigenvalue weighted by Crippen LogP contribution is 2.46. The van der Waals surface area contributed by atoms with Crippen molar-refractivity contribution in [2.75, 3.05) is 5.32 Å². The van der Waals surface area contributed by atoms with Crippen LogP contribution in [-0.4, -0.2) is 17.0 Å². The molecule has 1 atom stereocenters. The lowest BCUT2D eigenvalue weighted by Crippen LogP contribution is -2.34. The molecule has 28 heavy (non-hydrogen) atoms. The standard InChI is InChI=1S/C24H29NO3/c1-15(21(26)25-18-9-6-16(7-10-18)22(27)28)17-8-11-19-20(14-17)24(4,5)13-12-23(19,2)3/h6-11,14-15H,12-13H2,1-5H3,(H,25,26)(H,27,28). The van der Waals surface area contributed by atoms with Crippen molar-refractivity contribution in [3.63, 3.8) is 0 Å². The highest BCUT2D eigenvalue weighted by Gasteiger charge is 2.37. The molecule has 1 aliphatic carbocycles. The fourth-order valence-electron chi connectivity index (χ4n) is 3.97. The van der Waals surface area contributed by atoms with E-state index in [-0.39, 0.29) is 28.2 Å². The molecule has 1 amide bonds. The number of carboxylic acid groups (broad SMARTS) is 1. The fourth-order valence-corrected chi connectivity index (χ4v) is 3.97. The molecule has 2 aromatic rings. The van der Waals surface area contributed by atoms with E-state index in [1.807, 2.05) is 6.92 Å². The van der Waals surface area contributed by atoms with E-state index in [4.69, 9.17) is 5.11 Å². The number of carbonyl (C=O) groups is 2. The van der Waals surface area contributed by atoms with Gasteiger partial charge in [-0.1, -0.05) is 45.9 Å². The maximum Gasteiger partial charge on any atom is 0.335 e. The van der Waals surface area contributed by atoms with Crippen molar-refractivity contribution in [1.29, 1.82) is 0 Å².